The highest BCUT2D eigenvalue weighted by Gasteiger charge is 2.23. The van der Waals surface area contributed by atoms with Crippen LogP contribution in [0.4, 0.5) is 0 Å². The van der Waals surface area contributed by atoms with Crippen LogP contribution in [0.1, 0.15) is 26.2 Å². The summed E-state index contributed by atoms with van der Waals surface area (Å²) in [6.45, 7) is 5.23. The summed E-state index contributed by atoms with van der Waals surface area (Å²) in [5.41, 5.74) is 0. The van der Waals surface area contributed by atoms with E-state index in [4.69, 9.17) is 9.84 Å². The largest absolute Gasteiger partial charge is 0.396 e. The highest BCUT2D eigenvalue weighted by Crippen LogP contribution is 2.18. The minimum Gasteiger partial charge on any atom is -0.396 e. The molecule has 78 valence electrons. The van der Waals surface area contributed by atoms with Gasteiger partial charge in [-0.2, -0.15) is 0 Å². The monoisotopic (exact) mass is 187 g/mol. The lowest BCUT2D eigenvalue weighted by atomic mass is 9.97. The average molecular weight is 187 g/mol. The number of aliphatic hydroxyl groups excluding tert-OH is 1. The van der Waals surface area contributed by atoms with Crippen molar-refractivity contribution < 1.29 is 9.84 Å². The van der Waals surface area contributed by atoms with Gasteiger partial charge in [0.05, 0.1) is 6.61 Å². The molecule has 1 saturated heterocycles. The molecule has 1 rings (SSSR count). The van der Waals surface area contributed by atoms with E-state index < -0.39 is 0 Å². The molecule has 3 nitrogen and oxygen atoms in total. The predicted molar refractivity (Wildman–Crippen MR) is 52.7 cm³/mol. The van der Waals surface area contributed by atoms with E-state index in [1.165, 1.54) is 6.42 Å². The molecular weight excluding hydrogens is 166 g/mol. The van der Waals surface area contributed by atoms with Gasteiger partial charge in [-0.1, -0.05) is 6.92 Å². The fraction of sp³-hybridized carbons (Fsp3) is 1.00. The second-order valence-corrected chi connectivity index (χ2v) is 3.67. The maximum Gasteiger partial charge on any atom is 0.0509 e. The predicted octanol–water partition coefficient (Wildman–Crippen LogP) is 0.773. The lowest BCUT2D eigenvalue weighted by Crippen LogP contribution is -2.36. The molecule has 0 amide bonds. The summed E-state index contributed by atoms with van der Waals surface area (Å²) >= 11 is 0. The van der Waals surface area contributed by atoms with Crippen molar-refractivity contribution in [3.05, 3.63) is 0 Å². The van der Waals surface area contributed by atoms with Crippen molar-refractivity contribution in [3.8, 4) is 0 Å². The van der Waals surface area contributed by atoms with Crippen LogP contribution in [0.2, 0.25) is 0 Å². The van der Waals surface area contributed by atoms with Crippen LogP contribution in [0.15, 0.2) is 0 Å². The summed E-state index contributed by atoms with van der Waals surface area (Å²) in [4.78, 5) is 0. The quantitative estimate of drug-likeness (QED) is 0.604. The van der Waals surface area contributed by atoms with E-state index in [2.05, 4.69) is 12.2 Å². The number of aliphatic hydroxyl groups is 1. The van der Waals surface area contributed by atoms with Crippen molar-refractivity contribution in [2.24, 2.45) is 5.92 Å². The lowest BCUT2D eigenvalue weighted by molar-refractivity contribution is 0.175. The highest BCUT2D eigenvalue weighted by molar-refractivity contribution is 4.78. The molecule has 2 atom stereocenters. The molecule has 0 aliphatic carbocycles. The van der Waals surface area contributed by atoms with Gasteiger partial charge in [0.2, 0.25) is 0 Å². The van der Waals surface area contributed by atoms with E-state index in [1.807, 2.05) is 0 Å². The molecule has 1 fully saturated rings. The lowest BCUT2D eigenvalue weighted by Gasteiger charge is -2.22. The van der Waals surface area contributed by atoms with Gasteiger partial charge in [0.25, 0.3) is 0 Å². The van der Waals surface area contributed by atoms with E-state index in [-0.39, 0.29) is 6.61 Å². The van der Waals surface area contributed by atoms with Crippen LogP contribution >= 0.6 is 0 Å². The van der Waals surface area contributed by atoms with E-state index in [9.17, 15) is 0 Å². The SMILES string of the molecule is CCC(NCCCO)C1CCOC1. The minimum atomic E-state index is 0.282. The van der Waals surface area contributed by atoms with Gasteiger partial charge in [-0.25, -0.2) is 0 Å². The van der Waals surface area contributed by atoms with Gasteiger partial charge in [0, 0.05) is 19.3 Å². The smallest absolute Gasteiger partial charge is 0.0509 e. The van der Waals surface area contributed by atoms with Crippen LogP contribution in [-0.2, 0) is 4.74 Å². The summed E-state index contributed by atoms with van der Waals surface area (Å²) in [5, 5.41) is 12.1. The minimum absolute atomic E-state index is 0.282. The molecule has 1 aliphatic heterocycles. The Kier molecular flexibility index (Phi) is 5.35. The van der Waals surface area contributed by atoms with Crippen molar-refractivity contribution in [2.75, 3.05) is 26.4 Å². The Bertz CT molecular complexity index is 124. The van der Waals surface area contributed by atoms with Gasteiger partial charge >= 0.3 is 0 Å². The van der Waals surface area contributed by atoms with E-state index >= 15 is 0 Å². The first kappa shape index (κ1) is 11.0. The first-order valence-electron chi connectivity index (χ1n) is 5.30. The average Bonchev–Trinajstić information content (AvgIpc) is 2.65. The maximum absolute atomic E-state index is 8.65. The summed E-state index contributed by atoms with van der Waals surface area (Å²) in [7, 11) is 0. The number of hydrogen-bond acceptors (Lipinski definition) is 3. The van der Waals surface area contributed by atoms with Gasteiger partial charge in [-0.15, -0.1) is 0 Å². The number of ether oxygens (including phenoxy) is 1. The molecule has 0 radical (unpaired) electrons. The Balaban J connectivity index is 2.16. The summed E-state index contributed by atoms with van der Waals surface area (Å²) in [6, 6.07) is 0.578. The third kappa shape index (κ3) is 3.63. The number of nitrogens with one attached hydrogen (secondary N) is 1. The fourth-order valence-electron chi connectivity index (χ4n) is 1.88. The molecular formula is C10H21NO2. The summed E-state index contributed by atoms with van der Waals surface area (Å²) in [6.07, 6.45) is 3.19. The normalized spacial score (nSPS) is 24.9. The molecule has 2 N–H and O–H groups in total. The molecule has 1 aliphatic rings. The second-order valence-electron chi connectivity index (χ2n) is 3.67. The molecule has 2 unspecified atom stereocenters. The first-order chi connectivity index (χ1) is 6.38. The Morgan fingerprint density at radius 1 is 1.62 bits per heavy atom. The standard InChI is InChI=1S/C10H21NO2/c1-2-10(11-5-3-6-12)9-4-7-13-8-9/h9-12H,2-8H2,1H3. The molecule has 13 heavy (non-hydrogen) atoms. The molecule has 0 spiro atoms. The third-order valence-corrected chi connectivity index (χ3v) is 2.72. The molecule has 0 aromatic rings. The molecule has 1 heterocycles. The van der Waals surface area contributed by atoms with Crippen molar-refractivity contribution in [1.82, 2.24) is 5.32 Å². The van der Waals surface area contributed by atoms with Crippen molar-refractivity contribution in [3.63, 3.8) is 0 Å². The van der Waals surface area contributed by atoms with Crippen molar-refractivity contribution in [2.45, 2.75) is 32.2 Å². The van der Waals surface area contributed by atoms with Crippen LogP contribution in [-0.4, -0.2) is 37.5 Å². The van der Waals surface area contributed by atoms with Crippen LogP contribution in [0, 0.1) is 5.92 Å². The van der Waals surface area contributed by atoms with Gasteiger partial charge < -0.3 is 15.2 Å². The Morgan fingerprint density at radius 2 is 2.46 bits per heavy atom. The molecule has 0 aromatic heterocycles. The summed E-state index contributed by atoms with van der Waals surface area (Å²) in [5.74, 6) is 0.684. The van der Waals surface area contributed by atoms with Gasteiger partial charge in [-0.05, 0) is 31.7 Å². The first-order valence-corrected chi connectivity index (χ1v) is 5.30. The zero-order chi connectivity index (χ0) is 9.52. The topological polar surface area (TPSA) is 41.5 Å². The fourth-order valence-corrected chi connectivity index (χ4v) is 1.88. The van der Waals surface area contributed by atoms with Crippen LogP contribution < -0.4 is 5.32 Å². The molecule has 0 saturated carbocycles. The van der Waals surface area contributed by atoms with E-state index in [0.717, 1.165) is 32.6 Å². The third-order valence-electron chi connectivity index (χ3n) is 2.72. The van der Waals surface area contributed by atoms with Crippen LogP contribution in [0.25, 0.3) is 0 Å². The Labute approximate surface area is 80.5 Å². The zero-order valence-electron chi connectivity index (χ0n) is 8.46. The van der Waals surface area contributed by atoms with Gasteiger partial charge in [0.1, 0.15) is 0 Å². The number of hydrogen-bond donors (Lipinski definition) is 2. The number of rotatable bonds is 6. The van der Waals surface area contributed by atoms with Gasteiger partial charge in [-0.3, -0.25) is 0 Å². The van der Waals surface area contributed by atoms with Crippen LogP contribution in [0.3, 0.4) is 0 Å². The maximum atomic E-state index is 8.65. The van der Waals surface area contributed by atoms with Crippen LogP contribution in [0.5, 0.6) is 0 Å². The molecule has 0 aromatic carbocycles. The van der Waals surface area contributed by atoms with E-state index in [0.29, 0.717) is 12.0 Å². The Morgan fingerprint density at radius 3 is 3.00 bits per heavy atom. The second kappa shape index (κ2) is 6.35. The molecule has 3 heteroatoms. The van der Waals surface area contributed by atoms with Crippen molar-refractivity contribution in [1.29, 1.82) is 0 Å². The zero-order valence-corrected chi connectivity index (χ0v) is 8.46. The van der Waals surface area contributed by atoms with Crippen molar-refractivity contribution >= 4 is 0 Å². The Hall–Kier alpha value is -0.120. The van der Waals surface area contributed by atoms with E-state index in [1.54, 1.807) is 0 Å². The van der Waals surface area contributed by atoms with Gasteiger partial charge in [0.15, 0.2) is 0 Å². The summed E-state index contributed by atoms with van der Waals surface area (Å²) < 4.78 is 5.36. The molecule has 0 bridgehead atoms. The highest BCUT2D eigenvalue weighted by atomic mass is 16.5.